The number of amides is 1. The molecule has 0 spiro atoms. The minimum Gasteiger partial charge on any atom is -0.337 e. The van der Waals surface area contributed by atoms with E-state index in [2.05, 4.69) is 4.98 Å². The van der Waals surface area contributed by atoms with Crippen molar-refractivity contribution in [1.82, 2.24) is 18.6 Å². The van der Waals surface area contributed by atoms with E-state index >= 15 is 0 Å². The highest BCUT2D eigenvalue weighted by Gasteiger charge is 2.29. The molecule has 152 valence electrons. The van der Waals surface area contributed by atoms with Crippen LogP contribution in [0.4, 0.5) is 4.39 Å². The number of sulfonamides is 1. The summed E-state index contributed by atoms with van der Waals surface area (Å²) in [4.78, 5) is 31.5. The molecular formula is C18H17FN4O4S2. The zero-order valence-electron chi connectivity index (χ0n) is 15.2. The van der Waals surface area contributed by atoms with Crippen molar-refractivity contribution in [2.75, 3.05) is 26.2 Å². The van der Waals surface area contributed by atoms with Crippen molar-refractivity contribution in [3.8, 4) is 0 Å². The highest BCUT2D eigenvalue weighted by molar-refractivity contribution is 7.89. The first-order chi connectivity index (χ1) is 13.9. The molecule has 2 aromatic heterocycles. The first kappa shape index (κ1) is 19.7. The van der Waals surface area contributed by atoms with E-state index in [9.17, 15) is 22.4 Å². The number of fused-ring (bicyclic) bond motifs is 1. The molecule has 1 saturated heterocycles. The first-order valence-corrected chi connectivity index (χ1v) is 11.2. The van der Waals surface area contributed by atoms with Gasteiger partial charge < -0.3 is 4.90 Å². The number of hydrogen-bond donors (Lipinski definition) is 0. The molecule has 0 saturated carbocycles. The SMILES string of the molecule is O=C(c1cnc2sccn2c1=O)N1CCCN(S(=O)(=O)c2ccc(F)cc2)CC1. The van der Waals surface area contributed by atoms with E-state index in [1.807, 2.05) is 0 Å². The van der Waals surface area contributed by atoms with Gasteiger partial charge in [0, 0.05) is 44.0 Å². The summed E-state index contributed by atoms with van der Waals surface area (Å²) in [6.45, 7) is 0.774. The molecule has 1 amide bonds. The van der Waals surface area contributed by atoms with Crippen molar-refractivity contribution in [3.05, 3.63) is 63.8 Å². The fourth-order valence-corrected chi connectivity index (χ4v) is 5.38. The number of carbonyl (C=O) groups is 1. The normalized spacial score (nSPS) is 16.1. The Hall–Kier alpha value is -2.63. The summed E-state index contributed by atoms with van der Waals surface area (Å²) in [6, 6.07) is 4.64. The van der Waals surface area contributed by atoms with Gasteiger partial charge in [0.25, 0.3) is 11.5 Å². The van der Waals surface area contributed by atoms with E-state index in [-0.39, 0.29) is 30.1 Å². The predicted molar refractivity (Wildman–Crippen MR) is 105 cm³/mol. The lowest BCUT2D eigenvalue weighted by atomic mass is 10.2. The number of benzene rings is 1. The molecule has 29 heavy (non-hydrogen) atoms. The first-order valence-electron chi connectivity index (χ1n) is 8.88. The van der Waals surface area contributed by atoms with E-state index < -0.39 is 27.3 Å². The largest absolute Gasteiger partial charge is 0.337 e. The monoisotopic (exact) mass is 436 g/mol. The van der Waals surface area contributed by atoms with Gasteiger partial charge in [-0.05, 0) is 30.7 Å². The van der Waals surface area contributed by atoms with Crippen molar-refractivity contribution in [2.45, 2.75) is 11.3 Å². The Kier molecular flexibility index (Phi) is 5.19. The average molecular weight is 436 g/mol. The molecule has 1 fully saturated rings. The molecule has 0 radical (unpaired) electrons. The summed E-state index contributed by atoms with van der Waals surface area (Å²) in [5.74, 6) is -0.983. The fourth-order valence-electron chi connectivity index (χ4n) is 3.23. The maximum Gasteiger partial charge on any atom is 0.271 e. The molecular weight excluding hydrogens is 419 g/mol. The summed E-state index contributed by atoms with van der Waals surface area (Å²) in [5, 5.41) is 1.71. The smallest absolute Gasteiger partial charge is 0.271 e. The van der Waals surface area contributed by atoms with Gasteiger partial charge in [-0.2, -0.15) is 4.31 Å². The summed E-state index contributed by atoms with van der Waals surface area (Å²) in [7, 11) is -3.79. The van der Waals surface area contributed by atoms with Crippen LogP contribution in [0.15, 0.2) is 51.7 Å². The van der Waals surface area contributed by atoms with E-state index in [1.165, 1.54) is 43.3 Å². The number of halogens is 1. The zero-order valence-corrected chi connectivity index (χ0v) is 16.8. The van der Waals surface area contributed by atoms with Gasteiger partial charge in [-0.1, -0.05) is 0 Å². The molecule has 11 heteroatoms. The summed E-state index contributed by atoms with van der Waals surface area (Å²) in [5.41, 5.74) is -0.489. The molecule has 4 rings (SSSR count). The molecule has 3 aromatic rings. The lowest BCUT2D eigenvalue weighted by molar-refractivity contribution is 0.0762. The topological polar surface area (TPSA) is 92.1 Å². The Bertz CT molecular complexity index is 1220. The lowest BCUT2D eigenvalue weighted by Crippen LogP contribution is -2.39. The Balaban J connectivity index is 1.54. The van der Waals surface area contributed by atoms with Gasteiger partial charge >= 0.3 is 0 Å². The molecule has 8 nitrogen and oxygen atoms in total. The molecule has 0 N–H and O–H groups in total. The number of hydrogen-bond acceptors (Lipinski definition) is 6. The van der Waals surface area contributed by atoms with Gasteiger partial charge in [-0.25, -0.2) is 17.8 Å². The number of rotatable bonds is 3. The minimum atomic E-state index is -3.79. The second kappa shape index (κ2) is 7.65. The van der Waals surface area contributed by atoms with Crippen LogP contribution in [0.25, 0.3) is 4.96 Å². The standard InChI is InChI=1S/C18H17FN4O4S2/c19-13-2-4-14(5-3-13)29(26,27)22-7-1-6-21(8-9-22)16(24)15-12-20-18-23(17(15)25)10-11-28-18/h2-5,10-12H,1,6-9H2. The zero-order chi connectivity index (χ0) is 20.6. The highest BCUT2D eigenvalue weighted by Crippen LogP contribution is 2.19. The van der Waals surface area contributed by atoms with E-state index in [4.69, 9.17) is 0 Å². The molecule has 3 heterocycles. The Morgan fingerprint density at radius 3 is 2.62 bits per heavy atom. The molecule has 0 atom stereocenters. The molecule has 0 aliphatic carbocycles. The molecule has 0 unspecified atom stereocenters. The third-order valence-electron chi connectivity index (χ3n) is 4.77. The summed E-state index contributed by atoms with van der Waals surface area (Å²) in [6.07, 6.45) is 3.25. The second-order valence-electron chi connectivity index (χ2n) is 6.54. The van der Waals surface area contributed by atoms with Crippen LogP contribution in [0.5, 0.6) is 0 Å². The molecule has 0 bridgehead atoms. The van der Waals surface area contributed by atoms with Gasteiger partial charge in [0.1, 0.15) is 11.4 Å². The maximum atomic E-state index is 13.1. The van der Waals surface area contributed by atoms with Crippen LogP contribution in [0, 0.1) is 5.82 Å². The van der Waals surface area contributed by atoms with Crippen LogP contribution < -0.4 is 5.56 Å². The van der Waals surface area contributed by atoms with E-state index in [1.54, 1.807) is 11.6 Å². The maximum absolute atomic E-state index is 13.1. The molecule has 1 aliphatic heterocycles. The van der Waals surface area contributed by atoms with Crippen molar-refractivity contribution < 1.29 is 17.6 Å². The van der Waals surface area contributed by atoms with Crippen LogP contribution in [0.3, 0.4) is 0 Å². The van der Waals surface area contributed by atoms with Gasteiger partial charge in [0.05, 0.1) is 4.90 Å². The van der Waals surface area contributed by atoms with Crippen LogP contribution in [0.1, 0.15) is 16.8 Å². The predicted octanol–water partition coefficient (Wildman–Crippen LogP) is 1.43. The third-order valence-corrected chi connectivity index (χ3v) is 7.45. The summed E-state index contributed by atoms with van der Waals surface area (Å²) >= 11 is 1.29. The number of thiazole rings is 1. The van der Waals surface area contributed by atoms with Gasteiger partial charge in [-0.3, -0.25) is 14.0 Å². The summed E-state index contributed by atoms with van der Waals surface area (Å²) < 4.78 is 41.3. The lowest BCUT2D eigenvalue weighted by Gasteiger charge is -2.21. The molecule has 1 aliphatic rings. The van der Waals surface area contributed by atoms with Crippen molar-refractivity contribution >= 4 is 32.2 Å². The van der Waals surface area contributed by atoms with Gasteiger partial charge in [0.15, 0.2) is 4.96 Å². The average Bonchev–Trinajstić information content (AvgIpc) is 3.04. The van der Waals surface area contributed by atoms with E-state index in [0.29, 0.717) is 17.9 Å². The quantitative estimate of drug-likeness (QED) is 0.620. The van der Waals surface area contributed by atoms with Crippen LogP contribution in [-0.2, 0) is 10.0 Å². The second-order valence-corrected chi connectivity index (χ2v) is 9.35. The Morgan fingerprint density at radius 2 is 1.86 bits per heavy atom. The Labute approximate surface area is 169 Å². The fraction of sp³-hybridized carbons (Fsp3) is 0.278. The third kappa shape index (κ3) is 3.68. The van der Waals surface area contributed by atoms with Crippen LogP contribution in [-0.4, -0.2) is 59.1 Å². The highest BCUT2D eigenvalue weighted by atomic mass is 32.2. The van der Waals surface area contributed by atoms with Crippen molar-refractivity contribution in [3.63, 3.8) is 0 Å². The van der Waals surface area contributed by atoms with E-state index in [0.717, 1.165) is 12.1 Å². The van der Waals surface area contributed by atoms with Gasteiger partial charge in [-0.15, -0.1) is 11.3 Å². The van der Waals surface area contributed by atoms with Gasteiger partial charge in [0.2, 0.25) is 10.0 Å². The van der Waals surface area contributed by atoms with Crippen molar-refractivity contribution in [1.29, 1.82) is 0 Å². The van der Waals surface area contributed by atoms with Crippen LogP contribution >= 0.6 is 11.3 Å². The number of aromatic nitrogens is 2. The number of carbonyl (C=O) groups excluding carboxylic acids is 1. The van der Waals surface area contributed by atoms with Crippen molar-refractivity contribution in [2.24, 2.45) is 0 Å². The molecule has 1 aromatic carbocycles. The Morgan fingerprint density at radius 1 is 1.10 bits per heavy atom. The number of nitrogens with zero attached hydrogens (tertiary/aromatic N) is 4. The van der Waals surface area contributed by atoms with Crippen LogP contribution in [0.2, 0.25) is 0 Å². The minimum absolute atomic E-state index is 0.00373.